The van der Waals surface area contributed by atoms with E-state index in [0.717, 1.165) is 18.5 Å². The van der Waals surface area contributed by atoms with Crippen LogP contribution in [0.3, 0.4) is 0 Å². The largest absolute Gasteiger partial charge is 0.371 e. The molecule has 0 aromatic rings. The lowest BCUT2D eigenvalue weighted by Gasteiger charge is -2.30. The van der Waals surface area contributed by atoms with Crippen LogP contribution in [0.2, 0.25) is 0 Å². The minimum Gasteiger partial charge on any atom is -0.371 e. The molecule has 0 radical (unpaired) electrons. The highest BCUT2D eigenvalue weighted by molar-refractivity contribution is 5.82. The molecule has 2 unspecified atom stereocenters. The molecule has 0 aromatic heterocycles. The van der Waals surface area contributed by atoms with Crippen molar-refractivity contribution >= 4 is 5.84 Å². The summed E-state index contributed by atoms with van der Waals surface area (Å²) in [5.41, 5.74) is 0. The lowest BCUT2D eigenvalue weighted by atomic mass is 9.84. The quantitative estimate of drug-likeness (QED) is 0.759. The normalized spacial score (nSPS) is 31.7. The number of hydrogen-bond donors (Lipinski definition) is 1. The van der Waals surface area contributed by atoms with Crippen LogP contribution in [0.25, 0.3) is 0 Å². The maximum atomic E-state index is 4.67. The Bertz CT molecular complexity index is 235. The van der Waals surface area contributed by atoms with Gasteiger partial charge in [0.1, 0.15) is 0 Å². The third-order valence-corrected chi connectivity index (χ3v) is 4.11. The Morgan fingerprint density at radius 1 is 1.19 bits per heavy atom. The first kappa shape index (κ1) is 11.9. The van der Waals surface area contributed by atoms with Crippen molar-refractivity contribution < 1.29 is 0 Å². The maximum Gasteiger partial charge on any atom is 0.0965 e. The second-order valence-electron chi connectivity index (χ2n) is 5.42. The monoisotopic (exact) mass is 222 g/mol. The van der Waals surface area contributed by atoms with E-state index < -0.39 is 0 Å². The van der Waals surface area contributed by atoms with Crippen molar-refractivity contribution in [2.75, 3.05) is 6.54 Å². The fraction of sp³-hybridized carbons (Fsp3) is 0.929. The molecule has 2 rings (SSSR count). The van der Waals surface area contributed by atoms with E-state index >= 15 is 0 Å². The molecule has 92 valence electrons. The molecule has 1 aliphatic carbocycles. The summed E-state index contributed by atoms with van der Waals surface area (Å²) in [5, 5.41) is 3.71. The first-order valence-corrected chi connectivity index (χ1v) is 7.18. The van der Waals surface area contributed by atoms with Gasteiger partial charge in [-0.2, -0.15) is 0 Å². The van der Waals surface area contributed by atoms with Crippen LogP contribution in [-0.4, -0.2) is 18.4 Å². The highest BCUT2D eigenvalue weighted by Crippen LogP contribution is 2.26. The Balaban J connectivity index is 1.81. The van der Waals surface area contributed by atoms with Crippen LogP contribution in [0.4, 0.5) is 0 Å². The number of nitrogens with one attached hydrogen (secondary N) is 1. The molecule has 0 spiro atoms. The molecule has 1 N–H and O–H groups in total. The second kappa shape index (κ2) is 6.27. The van der Waals surface area contributed by atoms with E-state index in [1.165, 1.54) is 63.6 Å². The van der Waals surface area contributed by atoms with Gasteiger partial charge < -0.3 is 5.32 Å². The second-order valence-corrected chi connectivity index (χ2v) is 5.42. The Labute approximate surface area is 99.9 Å². The van der Waals surface area contributed by atoms with E-state index in [9.17, 15) is 0 Å². The molecule has 1 aliphatic heterocycles. The predicted octanol–water partition coefficient (Wildman–Crippen LogP) is 3.52. The van der Waals surface area contributed by atoms with E-state index in [1.54, 1.807) is 0 Å². The van der Waals surface area contributed by atoms with Crippen LogP contribution in [-0.2, 0) is 0 Å². The van der Waals surface area contributed by atoms with Gasteiger partial charge in [0.15, 0.2) is 0 Å². The summed E-state index contributed by atoms with van der Waals surface area (Å²) < 4.78 is 0. The SMILES string of the molecule is CCC1CCCC(NC2=NCCCCC2)C1. The van der Waals surface area contributed by atoms with E-state index in [2.05, 4.69) is 17.2 Å². The van der Waals surface area contributed by atoms with Gasteiger partial charge in [0.25, 0.3) is 0 Å². The summed E-state index contributed by atoms with van der Waals surface area (Å²) in [6.45, 7) is 3.38. The molecule has 1 fully saturated rings. The van der Waals surface area contributed by atoms with Crippen LogP contribution in [0.1, 0.15) is 64.7 Å². The minimum absolute atomic E-state index is 0.718. The van der Waals surface area contributed by atoms with Gasteiger partial charge in [-0.25, -0.2) is 0 Å². The fourth-order valence-electron chi connectivity index (χ4n) is 3.02. The van der Waals surface area contributed by atoms with Crippen molar-refractivity contribution in [3.8, 4) is 0 Å². The molecule has 2 nitrogen and oxygen atoms in total. The average molecular weight is 222 g/mol. The molecule has 0 amide bonds. The zero-order valence-corrected chi connectivity index (χ0v) is 10.7. The smallest absolute Gasteiger partial charge is 0.0965 e. The molecule has 0 saturated heterocycles. The molecule has 16 heavy (non-hydrogen) atoms. The third kappa shape index (κ3) is 3.50. The van der Waals surface area contributed by atoms with Gasteiger partial charge in [0, 0.05) is 19.0 Å². The van der Waals surface area contributed by atoms with Crippen LogP contribution in [0.15, 0.2) is 4.99 Å². The van der Waals surface area contributed by atoms with Gasteiger partial charge in [0.2, 0.25) is 0 Å². The molecular formula is C14H26N2. The molecular weight excluding hydrogens is 196 g/mol. The van der Waals surface area contributed by atoms with Crippen molar-refractivity contribution in [2.45, 2.75) is 70.8 Å². The zero-order valence-electron chi connectivity index (χ0n) is 10.7. The molecule has 1 heterocycles. The van der Waals surface area contributed by atoms with Gasteiger partial charge in [-0.05, 0) is 31.6 Å². The number of amidine groups is 1. The molecule has 2 atom stereocenters. The fourth-order valence-corrected chi connectivity index (χ4v) is 3.02. The predicted molar refractivity (Wildman–Crippen MR) is 69.9 cm³/mol. The van der Waals surface area contributed by atoms with Gasteiger partial charge in [-0.1, -0.05) is 32.6 Å². The summed E-state index contributed by atoms with van der Waals surface area (Å²) in [6.07, 6.45) is 12.1. The van der Waals surface area contributed by atoms with Crippen molar-refractivity contribution in [3.63, 3.8) is 0 Å². The molecule has 2 aliphatic rings. The Morgan fingerprint density at radius 2 is 2.12 bits per heavy atom. The average Bonchev–Trinajstić information content (AvgIpc) is 2.58. The highest BCUT2D eigenvalue weighted by atomic mass is 15.0. The molecule has 2 heteroatoms. The Kier molecular flexibility index (Phi) is 4.68. The molecule has 1 saturated carbocycles. The first-order chi connectivity index (χ1) is 7.88. The maximum absolute atomic E-state index is 4.67. The summed E-state index contributed by atoms with van der Waals surface area (Å²) >= 11 is 0. The molecule has 0 bridgehead atoms. The van der Waals surface area contributed by atoms with Crippen LogP contribution < -0.4 is 5.32 Å². The van der Waals surface area contributed by atoms with E-state index in [-0.39, 0.29) is 0 Å². The number of aliphatic imine (C=N–C) groups is 1. The number of rotatable bonds is 2. The lowest BCUT2D eigenvalue weighted by Crippen LogP contribution is -2.38. The Hall–Kier alpha value is -0.530. The first-order valence-electron chi connectivity index (χ1n) is 7.18. The van der Waals surface area contributed by atoms with Gasteiger partial charge in [-0.3, -0.25) is 4.99 Å². The standard InChI is InChI=1S/C14H26N2/c1-2-12-7-6-8-13(11-12)16-14-9-4-3-5-10-15-14/h12-13H,2-11H2,1H3,(H,15,16). The van der Waals surface area contributed by atoms with Crippen LogP contribution >= 0.6 is 0 Å². The summed E-state index contributed by atoms with van der Waals surface area (Å²) in [6, 6.07) is 0.718. The minimum atomic E-state index is 0.718. The van der Waals surface area contributed by atoms with Gasteiger partial charge in [-0.15, -0.1) is 0 Å². The number of hydrogen-bond acceptors (Lipinski definition) is 2. The highest BCUT2D eigenvalue weighted by Gasteiger charge is 2.21. The van der Waals surface area contributed by atoms with Gasteiger partial charge in [0.05, 0.1) is 5.84 Å². The molecule has 0 aromatic carbocycles. The van der Waals surface area contributed by atoms with E-state index in [0.29, 0.717) is 0 Å². The summed E-state index contributed by atoms with van der Waals surface area (Å²) in [7, 11) is 0. The van der Waals surface area contributed by atoms with Crippen molar-refractivity contribution in [1.82, 2.24) is 5.32 Å². The number of nitrogens with zero attached hydrogens (tertiary/aromatic N) is 1. The Morgan fingerprint density at radius 3 is 3.00 bits per heavy atom. The van der Waals surface area contributed by atoms with Crippen LogP contribution in [0, 0.1) is 5.92 Å². The van der Waals surface area contributed by atoms with Crippen LogP contribution in [0.5, 0.6) is 0 Å². The van der Waals surface area contributed by atoms with Crippen molar-refractivity contribution in [2.24, 2.45) is 10.9 Å². The van der Waals surface area contributed by atoms with E-state index in [1.807, 2.05) is 0 Å². The van der Waals surface area contributed by atoms with Crippen molar-refractivity contribution in [3.05, 3.63) is 0 Å². The summed E-state index contributed by atoms with van der Waals surface area (Å²) in [4.78, 5) is 4.67. The summed E-state index contributed by atoms with van der Waals surface area (Å²) in [5.74, 6) is 2.26. The third-order valence-electron chi connectivity index (χ3n) is 4.11. The van der Waals surface area contributed by atoms with Gasteiger partial charge >= 0.3 is 0 Å². The lowest BCUT2D eigenvalue weighted by molar-refractivity contribution is 0.299. The van der Waals surface area contributed by atoms with E-state index in [4.69, 9.17) is 0 Å². The van der Waals surface area contributed by atoms with Crippen molar-refractivity contribution in [1.29, 1.82) is 0 Å². The topological polar surface area (TPSA) is 24.4 Å². The zero-order chi connectivity index (χ0) is 11.2.